The number of aryl methyl sites for hydroxylation is 2. The van der Waals surface area contributed by atoms with Crippen LogP contribution in [0.25, 0.3) is 0 Å². The van der Waals surface area contributed by atoms with E-state index in [2.05, 4.69) is 37.5 Å². The number of rotatable bonds is 7. The van der Waals surface area contributed by atoms with Crippen molar-refractivity contribution in [1.29, 1.82) is 0 Å². The molecule has 8 nitrogen and oxygen atoms in total. The largest absolute Gasteiger partial charge is 0.388 e. The van der Waals surface area contributed by atoms with Gasteiger partial charge in [0.1, 0.15) is 12.0 Å². The number of nitrogens with one attached hydrogen (secondary N) is 3. The van der Waals surface area contributed by atoms with Crippen LogP contribution in [0.2, 0.25) is 0 Å². The van der Waals surface area contributed by atoms with Crippen LogP contribution in [-0.2, 0) is 7.05 Å². The van der Waals surface area contributed by atoms with Gasteiger partial charge in [0.2, 0.25) is 0 Å². The Balaban J connectivity index is 0.000000189. The van der Waals surface area contributed by atoms with E-state index in [1.54, 1.807) is 65.6 Å². The van der Waals surface area contributed by atoms with Gasteiger partial charge in [0, 0.05) is 47.5 Å². The minimum absolute atomic E-state index is 0.249. The van der Waals surface area contributed by atoms with Gasteiger partial charge >= 0.3 is 0 Å². The number of aldehydes is 1. The molecule has 0 saturated carbocycles. The maximum Gasteiger partial charge on any atom is 0.273 e. The lowest BCUT2D eigenvalue weighted by Gasteiger charge is -2.09. The van der Waals surface area contributed by atoms with Crippen LogP contribution in [0.3, 0.4) is 0 Å². The molecule has 4 rings (SSSR count). The predicted octanol–water partition coefficient (Wildman–Crippen LogP) is 5.10. The SMILES string of the molecule is CNc1ccc(SNc2nccs2)cc1.Cc1ccc(C=O)cc1NC(=O)c1cncn1C. The van der Waals surface area contributed by atoms with Crippen LogP contribution in [-0.4, -0.2) is 33.8 Å². The Morgan fingerprint density at radius 2 is 1.97 bits per heavy atom. The number of hydrogen-bond donors (Lipinski definition) is 3. The van der Waals surface area contributed by atoms with Gasteiger partial charge in [0.15, 0.2) is 5.13 Å². The van der Waals surface area contributed by atoms with E-state index < -0.39 is 0 Å². The van der Waals surface area contributed by atoms with Crippen molar-refractivity contribution in [2.75, 3.05) is 22.4 Å². The number of thiazole rings is 1. The summed E-state index contributed by atoms with van der Waals surface area (Å²) in [6, 6.07) is 13.4. The van der Waals surface area contributed by atoms with Gasteiger partial charge in [-0.15, -0.1) is 11.3 Å². The van der Waals surface area contributed by atoms with Gasteiger partial charge < -0.3 is 19.9 Å². The van der Waals surface area contributed by atoms with E-state index in [9.17, 15) is 9.59 Å². The highest BCUT2D eigenvalue weighted by atomic mass is 32.2. The summed E-state index contributed by atoms with van der Waals surface area (Å²) in [6.07, 6.45) is 5.59. The summed E-state index contributed by atoms with van der Waals surface area (Å²) in [5.74, 6) is -0.249. The number of aromatic nitrogens is 3. The number of benzene rings is 2. The van der Waals surface area contributed by atoms with E-state index in [1.165, 1.54) is 11.1 Å². The van der Waals surface area contributed by atoms with Crippen molar-refractivity contribution in [3.63, 3.8) is 0 Å². The van der Waals surface area contributed by atoms with Crippen molar-refractivity contribution in [2.45, 2.75) is 11.8 Å². The molecular formula is C23H24N6O2S2. The van der Waals surface area contributed by atoms with E-state index in [-0.39, 0.29) is 5.91 Å². The molecule has 0 atom stereocenters. The second-order valence-electron chi connectivity index (χ2n) is 6.85. The number of carbonyl (C=O) groups is 2. The number of hydrogen-bond acceptors (Lipinski definition) is 8. The summed E-state index contributed by atoms with van der Waals surface area (Å²) in [5.41, 5.74) is 3.64. The smallest absolute Gasteiger partial charge is 0.273 e. The molecule has 2 heterocycles. The Kier molecular flexibility index (Phi) is 8.62. The summed E-state index contributed by atoms with van der Waals surface area (Å²) < 4.78 is 4.82. The van der Waals surface area contributed by atoms with Crippen LogP contribution in [0, 0.1) is 6.92 Å². The van der Waals surface area contributed by atoms with E-state index in [1.807, 2.05) is 31.5 Å². The standard InChI is InChI=1S/C13H13N3O2.C10H11N3S2/c1-9-3-4-10(7-17)5-11(9)15-13(18)12-6-14-8-16(12)2;1-11-8-2-4-9(5-3-8)15-13-10-12-6-7-14-10/h3-8H,1-2H3,(H,15,18);2-7,11H,1H3,(H,12,13). The fourth-order valence-corrected chi connectivity index (χ4v) is 3.90. The number of amides is 1. The molecule has 0 unspecified atom stereocenters. The van der Waals surface area contributed by atoms with Gasteiger partial charge in [0.05, 0.1) is 12.5 Å². The molecule has 0 aliphatic carbocycles. The minimum Gasteiger partial charge on any atom is -0.388 e. The Labute approximate surface area is 200 Å². The molecule has 0 saturated heterocycles. The lowest BCUT2D eigenvalue weighted by molar-refractivity contribution is 0.101. The second-order valence-corrected chi connectivity index (χ2v) is 8.63. The van der Waals surface area contributed by atoms with Crippen LogP contribution < -0.4 is 15.4 Å². The summed E-state index contributed by atoms with van der Waals surface area (Å²) >= 11 is 3.16. The molecule has 0 radical (unpaired) electrons. The molecular weight excluding hydrogens is 456 g/mol. The zero-order chi connectivity index (χ0) is 23.6. The second kappa shape index (κ2) is 11.8. The Hall–Kier alpha value is -3.63. The van der Waals surface area contributed by atoms with E-state index in [4.69, 9.17) is 0 Å². The van der Waals surface area contributed by atoms with E-state index in [0.29, 0.717) is 16.9 Å². The Morgan fingerprint density at radius 3 is 2.58 bits per heavy atom. The third-order valence-electron chi connectivity index (χ3n) is 4.53. The molecule has 0 aliphatic heterocycles. The van der Waals surface area contributed by atoms with Crippen molar-refractivity contribution in [1.82, 2.24) is 14.5 Å². The van der Waals surface area contributed by atoms with Gasteiger partial charge in [-0.2, -0.15) is 0 Å². The molecule has 33 heavy (non-hydrogen) atoms. The number of carbonyl (C=O) groups excluding carboxylic acids is 2. The van der Waals surface area contributed by atoms with E-state index >= 15 is 0 Å². The lowest BCUT2D eigenvalue weighted by Crippen LogP contribution is -2.16. The lowest BCUT2D eigenvalue weighted by atomic mass is 10.1. The van der Waals surface area contributed by atoms with Crippen LogP contribution in [0.5, 0.6) is 0 Å². The third-order valence-corrected chi connectivity index (χ3v) is 6.15. The van der Waals surface area contributed by atoms with Gasteiger partial charge in [-0.1, -0.05) is 12.1 Å². The quantitative estimate of drug-likeness (QED) is 0.250. The van der Waals surface area contributed by atoms with Crippen LogP contribution in [0.1, 0.15) is 26.4 Å². The first-order chi connectivity index (χ1) is 16.0. The van der Waals surface area contributed by atoms with Crippen LogP contribution in [0.4, 0.5) is 16.5 Å². The summed E-state index contributed by atoms with van der Waals surface area (Å²) in [4.78, 5) is 31.9. The highest BCUT2D eigenvalue weighted by Gasteiger charge is 2.11. The van der Waals surface area contributed by atoms with E-state index in [0.717, 1.165) is 22.7 Å². The maximum atomic E-state index is 12.0. The van der Waals surface area contributed by atoms with Crippen LogP contribution in [0.15, 0.2) is 71.5 Å². The molecule has 2 aromatic heterocycles. The zero-order valence-corrected chi connectivity index (χ0v) is 20.0. The maximum absolute atomic E-state index is 12.0. The molecule has 3 N–H and O–H groups in total. The number of anilines is 3. The van der Waals surface area contributed by atoms with Crippen LogP contribution >= 0.6 is 23.3 Å². The first-order valence-corrected chi connectivity index (χ1v) is 11.6. The van der Waals surface area contributed by atoms with Gasteiger partial charge in [-0.3, -0.25) is 9.59 Å². The van der Waals surface area contributed by atoms with Gasteiger partial charge in [0.25, 0.3) is 5.91 Å². The average Bonchev–Trinajstić information content (AvgIpc) is 3.51. The fraction of sp³-hybridized carbons (Fsp3) is 0.130. The normalized spacial score (nSPS) is 10.0. The zero-order valence-electron chi connectivity index (χ0n) is 18.4. The van der Waals surface area contributed by atoms with Crippen molar-refractivity contribution in [2.24, 2.45) is 7.05 Å². The highest BCUT2D eigenvalue weighted by molar-refractivity contribution is 8.00. The summed E-state index contributed by atoms with van der Waals surface area (Å²) in [6.45, 7) is 1.87. The Bertz CT molecular complexity index is 1190. The number of imidazole rings is 1. The minimum atomic E-state index is -0.249. The third kappa shape index (κ3) is 6.93. The summed E-state index contributed by atoms with van der Waals surface area (Å²) in [5, 5.41) is 8.73. The first-order valence-electron chi connectivity index (χ1n) is 9.94. The number of nitrogens with zero attached hydrogens (tertiary/aromatic N) is 3. The fourth-order valence-electron chi connectivity index (χ4n) is 2.68. The molecule has 10 heteroatoms. The topological polar surface area (TPSA) is 101 Å². The average molecular weight is 481 g/mol. The van der Waals surface area contributed by atoms with Crippen molar-refractivity contribution in [3.05, 3.63) is 83.4 Å². The molecule has 0 spiro atoms. The molecule has 4 aromatic rings. The van der Waals surface area contributed by atoms with Gasteiger partial charge in [-0.25, -0.2) is 9.97 Å². The molecule has 0 fully saturated rings. The predicted molar refractivity (Wildman–Crippen MR) is 135 cm³/mol. The molecule has 0 bridgehead atoms. The Morgan fingerprint density at radius 1 is 1.18 bits per heavy atom. The highest BCUT2D eigenvalue weighted by Crippen LogP contribution is 2.23. The molecule has 0 aliphatic rings. The molecule has 2 aromatic carbocycles. The monoisotopic (exact) mass is 480 g/mol. The molecule has 170 valence electrons. The molecule has 1 amide bonds. The first kappa shape index (κ1) is 24.0. The van der Waals surface area contributed by atoms with Crippen molar-refractivity contribution < 1.29 is 9.59 Å². The van der Waals surface area contributed by atoms with Crippen molar-refractivity contribution in [3.8, 4) is 0 Å². The van der Waals surface area contributed by atoms with Gasteiger partial charge in [-0.05, 0) is 54.8 Å². The van der Waals surface area contributed by atoms with Crippen molar-refractivity contribution >= 4 is 52.0 Å². The summed E-state index contributed by atoms with van der Waals surface area (Å²) in [7, 11) is 3.66.